The van der Waals surface area contributed by atoms with Gasteiger partial charge in [0.25, 0.3) is 0 Å². The minimum absolute atomic E-state index is 0.140. The Morgan fingerprint density at radius 2 is 2.11 bits per heavy atom. The molecule has 2 heterocycles. The molecule has 0 amide bonds. The lowest BCUT2D eigenvalue weighted by Gasteiger charge is -2.13. The highest BCUT2D eigenvalue weighted by atomic mass is 32.1. The van der Waals surface area contributed by atoms with E-state index in [1.807, 2.05) is 18.4 Å². The Kier molecular flexibility index (Phi) is 4.51. The van der Waals surface area contributed by atoms with Crippen LogP contribution in [0.3, 0.4) is 0 Å². The molecule has 0 saturated heterocycles. The van der Waals surface area contributed by atoms with Crippen LogP contribution >= 0.6 is 11.3 Å². The van der Waals surface area contributed by atoms with Gasteiger partial charge in [0.15, 0.2) is 0 Å². The summed E-state index contributed by atoms with van der Waals surface area (Å²) in [5.41, 5.74) is 0. The van der Waals surface area contributed by atoms with E-state index in [2.05, 4.69) is 38.6 Å². The van der Waals surface area contributed by atoms with E-state index < -0.39 is 0 Å². The average molecular weight is 279 g/mol. The minimum atomic E-state index is 0.140. The fourth-order valence-corrected chi connectivity index (χ4v) is 2.29. The molecule has 0 saturated carbocycles. The maximum atomic E-state index is 5.07. The van der Waals surface area contributed by atoms with Gasteiger partial charge in [0.2, 0.25) is 11.9 Å². The molecule has 2 rings (SSSR count). The summed E-state index contributed by atoms with van der Waals surface area (Å²) in [4.78, 5) is 13.8. The predicted molar refractivity (Wildman–Crippen MR) is 76.9 cm³/mol. The van der Waals surface area contributed by atoms with E-state index in [-0.39, 0.29) is 6.04 Å². The molecule has 0 aliphatic carbocycles. The van der Waals surface area contributed by atoms with Crippen molar-refractivity contribution in [1.29, 1.82) is 0 Å². The molecule has 0 aromatic carbocycles. The Labute approximate surface area is 116 Å². The zero-order valence-corrected chi connectivity index (χ0v) is 12.0. The Bertz CT molecular complexity index is 517. The van der Waals surface area contributed by atoms with Crippen LogP contribution in [-0.2, 0) is 0 Å². The van der Waals surface area contributed by atoms with E-state index in [0.29, 0.717) is 17.9 Å². The minimum Gasteiger partial charge on any atom is -0.467 e. The number of rotatable bonds is 6. The summed E-state index contributed by atoms with van der Waals surface area (Å²) in [7, 11) is 1.54. The number of ether oxygens (including phenoxy) is 1. The monoisotopic (exact) mass is 279 g/mol. The lowest BCUT2D eigenvalue weighted by molar-refractivity contribution is 0.379. The molecule has 0 aliphatic heterocycles. The first-order valence-electron chi connectivity index (χ1n) is 6.06. The second-order valence-electron chi connectivity index (χ2n) is 3.88. The zero-order chi connectivity index (χ0) is 13.7. The van der Waals surface area contributed by atoms with Crippen LogP contribution in [0.25, 0.3) is 0 Å². The molecule has 0 spiro atoms. The molecule has 2 aromatic rings. The van der Waals surface area contributed by atoms with E-state index in [1.165, 1.54) is 12.0 Å². The van der Waals surface area contributed by atoms with Crippen molar-refractivity contribution in [2.45, 2.75) is 19.9 Å². The van der Waals surface area contributed by atoms with Gasteiger partial charge in [-0.15, -0.1) is 11.3 Å². The van der Waals surface area contributed by atoms with Crippen LogP contribution in [0.15, 0.2) is 17.5 Å². The quantitative estimate of drug-likeness (QED) is 0.846. The summed E-state index contributed by atoms with van der Waals surface area (Å²) < 4.78 is 5.07. The topological polar surface area (TPSA) is 72.0 Å². The van der Waals surface area contributed by atoms with Crippen LogP contribution in [0.1, 0.15) is 24.8 Å². The van der Waals surface area contributed by atoms with Crippen LogP contribution in [0.2, 0.25) is 0 Å². The van der Waals surface area contributed by atoms with Gasteiger partial charge in [-0.05, 0) is 25.3 Å². The van der Waals surface area contributed by atoms with Gasteiger partial charge < -0.3 is 15.4 Å². The second-order valence-corrected chi connectivity index (χ2v) is 4.86. The van der Waals surface area contributed by atoms with Gasteiger partial charge in [-0.3, -0.25) is 0 Å². The summed E-state index contributed by atoms with van der Waals surface area (Å²) in [6.45, 7) is 4.79. The van der Waals surface area contributed by atoms with E-state index in [4.69, 9.17) is 4.74 Å². The van der Waals surface area contributed by atoms with E-state index in [0.717, 1.165) is 6.54 Å². The number of thiophene rings is 1. The lowest BCUT2D eigenvalue weighted by atomic mass is 10.3. The molecule has 7 heteroatoms. The molecule has 2 aromatic heterocycles. The van der Waals surface area contributed by atoms with Crippen molar-refractivity contribution in [3.8, 4) is 6.01 Å². The molecule has 1 atom stereocenters. The highest BCUT2D eigenvalue weighted by Crippen LogP contribution is 2.22. The van der Waals surface area contributed by atoms with Crippen molar-refractivity contribution in [1.82, 2.24) is 15.0 Å². The van der Waals surface area contributed by atoms with E-state index >= 15 is 0 Å². The molecule has 0 aliphatic rings. The fourth-order valence-electron chi connectivity index (χ4n) is 1.55. The van der Waals surface area contributed by atoms with Crippen molar-refractivity contribution >= 4 is 23.2 Å². The first kappa shape index (κ1) is 13.5. The zero-order valence-electron chi connectivity index (χ0n) is 11.2. The highest BCUT2D eigenvalue weighted by Gasteiger charge is 2.11. The Balaban J connectivity index is 2.16. The maximum Gasteiger partial charge on any atom is 0.322 e. The SMILES string of the molecule is CCNc1nc(NC(C)c2cccs2)nc(OC)n1. The van der Waals surface area contributed by atoms with Gasteiger partial charge in [0.05, 0.1) is 13.2 Å². The predicted octanol–water partition coefficient (Wildman–Crippen LogP) is 2.55. The van der Waals surface area contributed by atoms with Crippen molar-refractivity contribution in [2.24, 2.45) is 0 Å². The van der Waals surface area contributed by atoms with E-state index in [9.17, 15) is 0 Å². The normalized spacial score (nSPS) is 11.9. The number of aromatic nitrogens is 3. The van der Waals surface area contributed by atoms with Gasteiger partial charge in [-0.1, -0.05) is 6.07 Å². The molecule has 19 heavy (non-hydrogen) atoms. The van der Waals surface area contributed by atoms with Gasteiger partial charge >= 0.3 is 6.01 Å². The van der Waals surface area contributed by atoms with Crippen LogP contribution in [0.5, 0.6) is 6.01 Å². The number of anilines is 2. The largest absolute Gasteiger partial charge is 0.467 e. The van der Waals surface area contributed by atoms with Gasteiger partial charge in [-0.25, -0.2) is 0 Å². The first-order valence-corrected chi connectivity index (χ1v) is 6.94. The third kappa shape index (κ3) is 3.54. The van der Waals surface area contributed by atoms with Crippen LogP contribution in [-0.4, -0.2) is 28.6 Å². The number of nitrogens with zero attached hydrogens (tertiary/aromatic N) is 3. The molecule has 1 unspecified atom stereocenters. The number of hydrogen-bond donors (Lipinski definition) is 2. The van der Waals surface area contributed by atoms with Crippen molar-refractivity contribution in [3.05, 3.63) is 22.4 Å². The first-order chi connectivity index (χ1) is 9.22. The highest BCUT2D eigenvalue weighted by molar-refractivity contribution is 7.10. The fraction of sp³-hybridized carbons (Fsp3) is 0.417. The Morgan fingerprint density at radius 1 is 1.32 bits per heavy atom. The molecule has 2 N–H and O–H groups in total. The maximum absolute atomic E-state index is 5.07. The van der Waals surface area contributed by atoms with Crippen LogP contribution < -0.4 is 15.4 Å². The van der Waals surface area contributed by atoms with E-state index in [1.54, 1.807) is 11.3 Å². The molecule has 0 radical (unpaired) electrons. The lowest BCUT2D eigenvalue weighted by Crippen LogP contribution is -2.12. The smallest absolute Gasteiger partial charge is 0.322 e. The molecule has 0 fully saturated rings. The van der Waals surface area contributed by atoms with Crippen molar-refractivity contribution < 1.29 is 4.74 Å². The van der Waals surface area contributed by atoms with Crippen molar-refractivity contribution in [2.75, 3.05) is 24.3 Å². The Hall–Kier alpha value is -1.89. The number of methoxy groups -OCH3 is 1. The van der Waals surface area contributed by atoms with Crippen molar-refractivity contribution in [3.63, 3.8) is 0 Å². The van der Waals surface area contributed by atoms with Gasteiger partial charge in [0.1, 0.15) is 0 Å². The van der Waals surface area contributed by atoms with Crippen LogP contribution in [0, 0.1) is 0 Å². The molecular formula is C12H17N5OS. The summed E-state index contributed by atoms with van der Waals surface area (Å²) in [5.74, 6) is 1.01. The summed E-state index contributed by atoms with van der Waals surface area (Å²) >= 11 is 1.69. The molecule has 102 valence electrons. The number of nitrogens with one attached hydrogen (secondary N) is 2. The second kappa shape index (κ2) is 6.33. The summed E-state index contributed by atoms with van der Waals surface area (Å²) in [6, 6.07) is 4.54. The standard InChI is InChI=1S/C12H17N5OS/c1-4-13-10-15-11(17-12(16-10)18-3)14-8(2)9-6-5-7-19-9/h5-8H,4H2,1-3H3,(H2,13,14,15,16,17). The Morgan fingerprint density at radius 3 is 2.74 bits per heavy atom. The summed E-state index contributed by atoms with van der Waals surface area (Å²) in [6.07, 6.45) is 0. The third-order valence-corrected chi connectivity index (χ3v) is 3.50. The molecular weight excluding hydrogens is 262 g/mol. The van der Waals surface area contributed by atoms with Gasteiger partial charge in [0, 0.05) is 11.4 Å². The third-order valence-electron chi connectivity index (χ3n) is 2.45. The van der Waals surface area contributed by atoms with Crippen LogP contribution in [0.4, 0.5) is 11.9 Å². The average Bonchev–Trinajstić information content (AvgIpc) is 2.92. The molecule has 0 bridgehead atoms. The number of hydrogen-bond acceptors (Lipinski definition) is 7. The van der Waals surface area contributed by atoms with Gasteiger partial charge in [-0.2, -0.15) is 15.0 Å². The molecule has 6 nitrogen and oxygen atoms in total. The summed E-state index contributed by atoms with van der Waals surface area (Å²) in [5, 5.41) is 8.34.